The number of nitro benzene ring substituents is 1. The van der Waals surface area contributed by atoms with Crippen LogP contribution in [0.25, 0.3) is 21.2 Å². The molecule has 0 spiro atoms. The zero-order valence-electron chi connectivity index (χ0n) is 19.3. The third kappa shape index (κ3) is 3.31. The van der Waals surface area contributed by atoms with Crippen LogP contribution in [0.5, 0.6) is 0 Å². The van der Waals surface area contributed by atoms with E-state index in [9.17, 15) is 19.7 Å². The number of non-ortho nitro benzene ring substituents is 1. The molecule has 3 aromatic carbocycles. The van der Waals surface area contributed by atoms with E-state index in [2.05, 4.69) is 19.9 Å². The van der Waals surface area contributed by atoms with E-state index >= 15 is 0 Å². The fourth-order valence-electron chi connectivity index (χ4n) is 4.63. The van der Waals surface area contributed by atoms with Gasteiger partial charge in [0.25, 0.3) is 11.6 Å². The lowest BCUT2D eigenvalue weighted by molar-refractivity contribution is -0.384. The van der Waals surface area contributed by atoms with E-state index in [1.54, 1.807) is 36.4 Å². The predicted molar refractivity (Wildman–Crippen MR) is 138 cm³/mol. The number of rotatable bonds is 4. The quantitative estimate of drug-likeness (QED) is 0.217. The van der Waals surface area contributed by atoms with Crippen LogP contribution < -0.4 is 10.3 Å². The van der Waals surface area contributed by atoms with Crippen LogP contribution in [0.1, 0.15) is 53.1 Å². The molecule has 1 aliphatic heterocycles. The monoisotopic (exact) mass is 497 g/mol. The van der Waals surface area contributed by atoms with Gasteiger partial charge >= 0.3 is 0 Å². The van der Waals surface area contributed by atoms with Crippen LogP contribution in [-0.2, 0) is 0 Å². The highest BCUT2D eigenvalue weighted by Crippen LogP contribution is 2.44. The molecule has 0 saturated heterocycles. The van der Waals surface area contributed by atoms with Crippen molar-refractivity contribution in [2.45, 2.75) is 25.8 Å². The maximum Gasteiger partial charge on any atom is 0.297 e. The Morgan fingerprint density at radius 3 is 2.64 bits per heavy atom. The van der Waals surface area contributed by atoms with Crippen molar-refractivity contribution in [3.8, 4) is 0 Å². The number of nitro groups is 1. The first kappa shape index (κ1) is 22.1. The lowest BCUT2D eigenvalue weighted by Gasteiger charge is -2.22. The smallest absolute Gasteiger partial charge is 0.297 e. The number of nitrogens with zero attached hydrogens (tertiary/aromatic N) is 3. The minimum absolute atomic E-state index is 0.0719. The highest BCUT2D eigenvalue weighted by atomic mass is 32.1. The minimum atomic E-state index is -0.918. The summed E-state index contributed by atoms with van der Waals surface area (Å²) in [4.78, 5) is 44.6. The Hall–Kier alpha value is -4.37. The fraction of sp³-hybridized carbons (Fsp3) is 0.148. The molecule has 0 unspecified atom stereocenters. The average molecular weight is 498 g/mol. The second kappa shape index (κ2) is 8.10. The van der Waals surface area contributed by atoms with E-state index in [4.69, 9.17) is 9.40 Å². The van der Waals surface area contributed by atoms with Gasteiger partial charge in [-0.1, -0.05) is 55.5 Å². The van der Waals surface area contributed by atoms with E-state index in [0.717, 1.165) is 15.8 Å². The molecule has 0 fully saturated rings. The first-order chi connectivity index (χ1) is 17.3. The summed E-state index contributed by atoms with van der Waals surface area (Å²) < 4.78 is 6.86. The molecular formula is C27H19N3O5S. The van der Waals surface area contributed by atoms with Gasteiger partial charge in [-0.3, -0.25) is 24.6 Å². The van der Waals surface area contributed by atoms with Crippen molar-refractivity contribution in [1.29, 1.82) is 0 Å². The molecule has 5 aromatic rings. The molecule has 1 aliphatic rings. The molecule has 1 atom stereocenters. The Bertz CT molecular complexity index is 1770. The Morgan fingerprint density at radius 2 is 1.86 bits per heavy atom. The van der Waals surface area contributed by atoms with E-state index in [-0.39, 0.29) is 22.4 Å². The summed E-state index contributed by atoms with van der Waals surface area (Å²) in [7, 11) is 0. The van der Waals surface area contributed by atoms with Gasteiger partial charge in [0.15, 0.2) is 10.6 Å². The zero-order valence-corrected chi connectivity index (χ0v) is 20.1. The summed E-state index contributed by atoms with van der Waals surface area (Å²) in [6.07, 6.45) is 0. The molecule has 0 aliphatic carbocycles. The Kier molecular flexibility index (Phi) is 4.97. The number of fused-ring (bicyclic) bond motifs is 3. The number of para-hydroxylation sites is 1. The summed E-state index contributed by atoms with van der Waals surface area (Å²) >= 11 is 1.34. The van der Waals surface area contributed by atoms with Crippen molar-refractivity contribution < 1.29 is 14.1 Å². The molecule has 1 amide bonds. The molecule has 178 valence electrons. The van der Waals surface area contributed by atoms with Gasteiger partial charge in [-0.15, -0.1) is 0 Å². The average Bonchev–Trinajstić information content (AvgIpc) is 3.42. The molecule has 0 bridgehead atoms. The van der Waals surface area contributed by atoms with Gasteiger partial charge in [0.05, 0.1) is 32.1 Å². The van der Waals surface area contributed by atoms with Crippen molar-refractivity contribution in [3.63, 3.8) is 0 Å². The van der Waals surface area contributed by atoms with E-state index in [0.29, 0.717) is 27.6 Å². The molecule has 8 nitrogen and oxygen atoms in total. The maximum atomic E-state index is 13.8. The Morgan fingerprint density at radius 1 is 1.06 bits per heavy atom. The van der Waals surface area contributed by atoms with Crippen LogP contribution >= 0.6 is 11.3 Å². The first-order valence-electron chi connectivity index (χ1n) is 11.4. The van der Waals surface area contributed by atoms with Crippen LogP contribution in [0, 0.1) is 10.1 Å². The van der Waals surface area contributed by atoms with Crippen LogP contribution in [0.2, 0.25) is 0 Å². The second-order valence-electron chi connectivity index (χ2n) is 8.98. The van der Waals surface area contributed by atoms with Crippen molar-refractivity contribution in [1.82, 2.24) is 4.98 Å². The highest BCUT2D eigenvalue weighted by Gasteiger charge is 2.45. The van der Waals surface area contributed by atoms with Crippen LogP contribution in [0.15, 0.2) is 75.9 Å². The van der Waals surface area contributed by atoms with E-state index in [1.807, 2.05) is 12.1 Å². The molecule has 0 radical (unpaired) electrons. The summed E-state index contributed by atoms with van der Waals surface area (Å²) in [5.41, 5.74) is 2.28. The Labute approximate surface area is 208 Å². The van der Waals surface area contributed by atoms with Crippen molar-refractivity contribution >= 4 is 49.2 Å². The molecule has 6 rings (SSSR count). The van der Waals surface area contributed by atoms with Gasteiger partial charge in [0.1, 0.15) is 5.58 Å². The highest BCUT2D eigenvalue weighted by molar-refractivity contribution is 7.22. The third-order valence-corrected chi connectivity index (χ3v) is 7.47. The van der Waals surface area contributed by atoms with Crippen LogP contribution in [0.3, 0.4) is 0 Å². The molecule has 2 aromatic heterocycles. The molecule has 9 heteroatoms. The summed E-state index contributed by atoms with van der Waals surface area (Å²) in [5.74, 6) is -0.255. The lowest BCUT2D eigenvalue weighted by atomic mass is 9.98. The normalized spacial score (nSPS) is 15.2. The third-order valence-electron chi connectivity index (χ3n) is 6.45. The van der Waals surface area contributed by atoms with Gasteiger partial charge in [-0.2, -0.15) is 0 Å². The molecular weight excluding hydrogens is 478 g/mol. The first-order valence-corrected chi connectivity index (χ1v) is 12.2. The minimum Gasteiger partial charge on any atom is -0.450 e. The number of carbonyl (C=O) groups excluding carboxylic acids is 1. The standard InChI is InChI=1S/C27H19N3O5S/c1-14(2)15-10-11-19-21(13-15)36-27(28-19)29-23(16-6-5-7-17(12-16)30(33)34)22-24(31)18-8-3-4-9-20(18)35-25(22)26(29)32/h3-14,23H,1-2H3/t23-/m1/s1. The largest absolute Gasteiger partial charge is 0.450 e. The van der Waals surface area contributed by atoms with Gasteiger partial charge in [0.2, 0.25) is 5.76 Å². The van der Waals surface area contributed by atoms with Crippen molar-refractivity contribution in [3.05, 3.63) is 110 Å². The van der Waals surface area contributed by atoms with Crippen molar-refractivity contribution in [2.75, 3.05) is 4.90 Å². The molecule has 36 heavy (non-hydrogen) atoms. The SMILES string of the molecule is CC(C)c1ccc2nc(N3C(=O)c4oc5ccccc5c(=O)c4[C@H]3c3cccc([N+](=O)[O-])c3)sc2c1. The summed E-state index contributed by atoms with van der Waals surface area (Å²) in [6.45, 7) is 4.20. The van der Waals surface area contributed by atoms with Crippen LogP contribution in [-0.4, -0.2) is 15.8 Å². The van der Waals surface area contributed by atoms with Gasteiger partial charge < -0.3 is 4.42 Å². The lowest BCUT2D eigenvalue weighted by Crippen LogP contribution is -2.29. The number of carbonyl (C=O) groups is 1. The Balaban J connectivity index is 1.61. The number of aromatic nitrogens is 1. The summed E-state index contributed by atoms with van der Waals surface area (Å²) in [5, 5.41) is 12.2. The number of anilines is 1. The predicted octanol–water partition coefficient (Wildman–Crippen LogP) is 6.18. The zero-order chi connectivity index (χ0) is 25.1. The fourth-order valence-corrected chi connectivity index (χ4v) is 5.67. The van der Waals surface area contributed by atoms with Gasteiger partial charge in [-0.05, 0) is 41.3 Å². The maximum absolute atomic E-state index is 13.8. The van der Waals surface area contributed by atoms with Gasteiger partial charge in [-0.25, -0.2) is 4.98 Å². The van der Waals surface area contributed by atoms with Crippen LogP contribution in [0.4, 0.5) is 10.8 Å². The molecule has 3 heterocycles. The number of hydrogen-bond acceptors (Lipinski definition) is 7. The topological polar surface area (TPSA) is 107 Å². The van der Waals surface area contributed by atoms with E-state index < -0.39 is 16.9 Å². The van der Waals surface area contributed by atoms with E-state index in [1.165, 1.54) is 28.4 Å². The number of hydrogen-bond donors (Lipinski definition) is 0. The number of thiazole rings is 1. The molecule has 0 saturated carbocycles. The second-order valence-corrected chi connectivity index (χ2v) is 9.99. The van der Waals surface area contributed by atoms with Gasteiger partial charge in [0, 0.05) is 12.1 Å². The van der Waals surface area contributed by atoms with Crippen molar-refractivity contribution in [2.24, 2.45) is 0 Å². The number of amides is 1. The number of benzene rings is 3. The molecule has 0 N–H and O–H groups in total. The summed E-state index contributed by atoms with van der Waals surface area (Å²) in [6, 6.07) is 17.8.